The highest BCUT2D eigenvalue weighted by molar-refractivity contribution is 5.71. The summed E-state index contributed by atoms with van der Waals surface area (Å²) in [5.74, 6) is 0.338. The summed E-state index contributed by atoms with van der Waals surface area (Å²) in [5.41, 5.74) is 5.50. The molecule has 3 aromatic rings. The lowest BCUT2D eigenvalue weighted by molar-refractivity contribution is -0.142. The maximum absolute atomic E-state index is 11.4. The number of ether oxygens (including phenoxy) is 2. The number of aryl methyl sites for hydroxylation is 2. The van der Waals surface area contributed by atoms with Gasteiger partial charge in [-0.3, -0.25) is 4.98 Å². The Balaban J connectivity index is 1.77. The number of methoxy groups -OCH3 is 1. The van der Waals surface area contributed by atoms with Crippen molar-refractivity contribution in [3.05, 3.63) is 94.8 Å². The molecule has 1 unspecified atom stereocenters. The summed E-state index contributed by atoms with van der Waals surface area (Å²) >= 11 is 0. The Bertz CT molecular complexity index is 880. The fraction of sp³-hybridized carbons (Fsp3) is 0.250. The van der Waals surface area contributed by atoms with Crippen molar-refractivity contribution < 1.29 is 14.3 Å². The molecular weight excluding hydrogens is 364 g/mol. The van der Waals surface area contributed by atoms with E-state index < -0.39 is 5.97 Å². The van der Waals surface area contributed by atoms with E-state index in [4.69, 9.17) is 4.74 Å². The molecular formula is C24H26N2O3. The number of hydrogen-bond acceptors (Lipinski definition) is 5. The molecule has 2 aromatic carbocycles. The van der Waals surface area contributed by atoms with Gasteiger partial charge in [0.1, 0.15) is 5.75 Å². The number of carbonyl (C=O) groups is 1. The topological polar surface area (TPSA) is 60.5 Å². The molecule has 0 aliphatic heterocycles. The average Bonchev–Trinajstić information content (AvgIpc) is 2.74. The minimum absolute atomic E-state index is 0.0649. The Morgan fingerprint density at radius 2 is 1.62 bits per heavy atom. The van der Waals surface area contributed by atoms with E-state index in [0.717, 1.165) is 28.0 Å². The Morgan fingerprint density at radius 1 is 1.00 bits per heavy atom. The smallest absolute Gasteiger partial charge is 0.343 e. The molecule has 1 N–H and O–H groups in total. The van der Waals surface area contributed by atoms with Gasteiger partial charge in [0, 0.05) is 18.9 Å². The molecule has 5 heteroatoms. The van der Waals surface area contributed by atoms with Gasteiger partial charge in [0.05, 0.1) is 13.2 Å². The van der Waals surface area contributed by atoms with Gasteiger partial charge in [0.25, 0.3) is 0 Å². The van der Waals surface area contributed by atoms with Crippen LogP contribution in [0.15, 0.2) is 67.0 Å². The van der Waals surface area contributed by atoms with Crippen molar-refractivity contribution in [1.29, 1.82) is 0 Å². The number of pyridine rings is 1. The predicted octanol–water partition coefficient (Wildman–Crippen LogP) is 4.13. The van der Waals surface area contributed by atoms with Crippen LogP contribution in [0.4, 0.5) is 0 Å². The quantitative estimate of drug-likeness (QED) is 0.586. The molecule has 0 saturated carbocycles. The lowest BCUT2D eigenvalue weighted by atomic mass is 9.99. The van der Waals surface area contributed by atoms with E-state index in [0.29, 0.717) is 6.54 Å². The molecule has 0 saturated heterocycles. The predicted molar refractivity (Wildman–Crippen MR) is 113 cm³/mol. The molecule has 0 aliphatic carbocycles. The first-order chi connectivity index (χ1) is 14.1. The summed E-state index contributed by atoms with van der Waals surface area (Å²) in [7, 11) is 1.35. The number of esters is 1. The maximum atomic E-state index is 11.4. The van der Waals surface area contributed by atoms with E-state index in [2.05, 4.69) is 39.3 Å². The molecule has 0 amide bonds. The van der Waals surface area contributed by atoms with Crippen molar-refractivity contribution in [1.82, 2.24) is 10.3 Å². The summed E-state index contributed by atoms with van der Waals surface area (Å²) < 4.78 is 10.3. The zero-order valence-electron chi connectivity index (χ0n) is 17.0. The molecule has 0 fully saturated rings. The van der Waals surface area contributed by atoms with Crippen molar-refractivity contribution in [3.8, 4) is 5.75 Å². The number of rotatable bonds is 8. The molecule has 29 heavy (non-hydrogen) atoms. The Hall–Kier alpha value is -3.18. The van der Waals surface area contributed by atoms with E-state index in [-0.39, 0.29) is 12.6 Å². The van der Waals surface area contributed by atoms with Crippen LogP contribution in [0.3, 0.4) is 0 Å². The number of nitrogens with zero attached hydrogens (tertiary/aromatic N) is 1. The number of nitrogens with one attached hydrogen (secondary N) is 1. The van der Waals surface area contributed by atoms with Crippen molar-refractivity contribution in [2.75, 3.05) is 13.7 Å². The van der Waals surface area contributed by atoms with Gasteiger partial charge in [-0.05, 0) is 53.8 Å². The van der Waals surface area contributed by atoms with Crippen LogP contribution >= 0.6 is 0 Å². The lowest BCUT2D eigenvalue weighted by Gasteiger charge is -2.21. The van der Waals surface area contributed by atoms with Gasteiger partial charge in [-0.25, -0.2) is 4.79 Å². The van der Waals surface area contributed by atoms with Crippen LogP contribution in [0.25, 0.3) is 0 Å². The highest BCUT2D eigenvalue weighted by Gasteiger charge is 2.14. The second kappa shape index (κ2) is 9.85. The number of carbonyl (C=O) groups excluding carboxylic acids is 1. The molecule has 0 aliphatic rings. The third-order valence-corrected chi connectivity index (χ3v) is 4.76. The average molecular weight is 390 g/mol. The van der Waals surface area contributed by atoms with Crippen molar-refractivity contribution in [2.45, 2.75) is 26.4 Å². The molecule has 5 nitrogen and oxygen atoms in total. The maximum Gasteiger partial charge on any atom is 0.343 e. The van der Waals surface area contributed by atoms with Crippen LogP contribution < -0.4 is 10.1 Å². The minimum Gasteiger partial charge on any atom is -0.481 e. The molecule has 0 radical (unpaired) electrons. The first-order valence-electron chi connectivity index (χ1n) is 9.56. The van der Waals surface area contributed by atoms with E-state index in [1.165, 1.54) is 12.7 Å². The fourth-order valence-corrected chi connectivity index (χ4v) is 3.41. The second-order valence-corrected chi connectivity index (χ2v) is 6.93. The summed E-state index contributed by atoms with van der Waals surface area (Å²) in [6.07, 6.45) is 3.63. The third kappa shape index (κ3) is 5.42. The Morgan fingerprint density at radius 3 is 2.24 bits per heavy atom. The second-order valence-electron chi connectivity index (χ2n) is 6.93. The van der Waals surface area contributed by atoms with Crippen molar-refractivity contribution >= 4 is 5.97 Å². The zero-order chi connectivity index (χ0) is 20.6. The van der Waals surface area contributed by atoms with Crippen LogP contribution in [0, 0.1) is 13.8 Å². The summed E-state index contributed by atoms with van der Waals surface area (Å²) in [5, 5.41) is 3.66. The van der Waals surface area contributed by atoms with Gasteiger partial charge in [0.2, 0.25) is 0 Å². The van der Waals surface area contributed by atoms with E-state index in [9.17, 15) is 4.79 Å². The van der Waals surface area contributed by atoms with Crippen molar-refractivity contribution in [3.63, 3.8) is 0 Å². The summed E-state index contributed by atoms with van der Waals surface area (Å²) in [4.78, 5) is 15.5. The number of hydrogen-bond donors (Lipinski definition) is 1. The molecule has 1 atom stereocenters. The van der Waals surface area contributed by atoms with Gasteiger partial charge in [-0.1, -0.05) is 42.5 Å². The van der Waals surface area contributed by atoms with E-state index in [1.54, 1.807) is 0 Å². The molecule has 0 spiro atoms. The zero-order valence-corrected chi connectivity index (χ0v) is 17.0. The van der Waals surface area contributed by atoms with Gasteiger partial charge >= 0.3 is 5.97 Å². The molecule has 0 bridgehead atoms. The standard InChI is InChI=1S/C24H26N2O3/c1-17-13-19(14-18(2)24(17)29-16-22(27)28-3)15-26-23(20-7-5-4-6-8-20)21-9-11-25-12-10-21/h4-14,23,26H,15-16H2,1-3H3. The first-order valence-corrected chi connectivity index (χ1v) is 9.56. The van der Waals surface area contributed by atoms with Crippen LogP contribution in [-0.2, 0) is 16.1 Å². The van der Waals surface area contributed by atoms with Gasteiger partial charge in [0.15, 0.2) is 6.61 Å². The van der Waals surface area contributed by atoms with Crippen LogP contribution in [0.5, 0.6) is 5.75 Å². The van der Waals surface area contributed by atoms with E-state index >= 15 is 0 Å². The van der Waals surface area contributed by atoms with Crippen LogP contribution in [-0.4, -0.2) is 24.7 Å². The van der Waals surface area contributed by atoms with Crippen molar-refractivity contribution in [2.24, 2.45) is 0 Å². The highest BCUT2D eigenvalue weighted by atomic mass is 16.6. The Labute approximate surface area is 171 Å². The highest BCUT2D eigenvalue weighted by Crippen LogP contribution is 2.26. The Kier molecular flexibility index (Phi) is 6.98. The lowest BCUT2D eigenvalue weighted by Crippen LogP contribution is -2.22. The SMILES string of the molecule is COC(=O)COc1c(C)cc(CNC(c2ccccc2)c2ccncc2)cc1C. The molecule has 3 rings (SSSR count). The van der Waals surface area contributed by atoms with Crippen LogP contribution in [0.1, 0.15) is 33.9 Å². The van der Waals surface area contributed by atoms with Crippen LogP contribution in [0.2, 0.25) is 0 Å². The molecule has 150 valence electrons. The normalized spacial score (nSPS) is 11.7. The fourth-order valence-electron chi connectivity index (χ4n) is 3.41. The van der Waals surface area contributed by atoms with Gasteiger partial charge < -0.3 is 14.8 Å². The van der Waals surface area contributed by atoms with E-state index in [1.807, 2.05) is 56.6 Å². The summed E-state index contributed by atoms with van der Waals surface area (Å²) in [6.45, 7) is 4.58. The van der Waals surface area contributed by atoms with Gasteiger partial charge in [-0.15, -0.1) is 0 Å². The molecule has 1 aromatic heterocycles. The largest absolute Gasteiger partial charge is 0.481 e. The van der Waals surface area contributed by atoms with Gasteiger partial charge in [-0.2, -0.15) is 0 Å². The minimum atomic E-state index is -0.391. The third-order valence-electron chi connectivity index (χ3n) is 4.76. The number of aromatic nitrogens is 1. The summed E-state index contributed by atoms with van der Waals surface area (Å²) in [6, 6.07) is 18.7. The monoisotopic (exact) mass is 390 g/mol. The molecule has 1 heterocycles. The number of benzene rings is 2. The first kappa shape index (κ1) is 20.6.